The standard InChI is InChI=1S/C11H18N4/c1-7(2)11-13-6-10(9(5-12)15-11)14-8-3-4-8/h6-8,14H,3-5,12H2,1-2H3. The van der Waals surface area contributed by atoms with Crippen LogP contribution in [0.5, 0.6) is 0 Å². The fourth-order valence-corrected chi connectivity index (χ4v) is 1.43. The van der Waals surface area contributed by atoms with Crippen LogP contribution in [0.15, 0.2) is 6.20 Å². The van der Waals surface area contributed by atoms with E-state index >= 15 is 0 Å². The van der Waals surface area contributed by atoms with Gasteiger partial charge in [0, 0.05) is 18.5 Å². The monoisotopic (exact) mass is 206 g/mol. The number of anilines is 1. The lowest BCUT2D eigenvalue weighted by Gasteiger charge is -2.11. The van der Waals surface area contributed by atoms with Gasteiger partial charge in [-0.15, -0.1) is 0 Å². The van der Waals surface area contributed by atoms with Crippen molar-refractivity contribution in [3.05, 3.63) is 17.7 Å². The van der Waals surface area contributed by atoms with E-state index in [0.717, 1.165) is 17.2 Å². The average Bonchev–Trinajstić information content (AvgIpc) is 3.02. The smallest absolute Gasteiger partial charge is 0.131 e. The van der Waals surface area contributed by atoms with Gasteiger partial charge in [0.15, 0.2) is 0 Å². The van der Waals surface area contributed by atoms with Gasteiger partial charge >= 0.3 is 0 Å². The Labute approximate surface area is 90.3 Å². The van der Waals surface area contributed by atoms with Gasteiger partial charge in [0.05, 0.1) is 17.6 Å². The van der Waals surface area contributed by atoms with Crippen LogP contribution < -0.4 is 11.1 Å². The van der Waals surface area contributed by atoms with Gasteiger partial charge in [-0.3, -0.25) is 0 Å². The van der Waals surface area contributed by atoms with Crippen molar-refractivity contribution in [3.63, 3.8) is 0 Å². The molecule has 0 aromatic carbocycles. The first kappa shape index (κ1) is 10.4. The van der Waals surface area contributed by atoms with E-state index in [1.807, 2.05) is 6.20 Å². The molecule has 0 spiro atoms. The fraction of sp³-hybridized carbons (Fsp3) is 0.636. The second-order valence-corrected chi connectivity index (χ2v) is 4.37. The Kier molecular flexibility index (Phi) is 2.86. The molecule has 1 aliphatic rings. The van der Waals surface area contributed by atoms with Gasteiger partial charge in [0.2, 0.25) is 0 Å². The number of nitrogens with one attached hydrogen (secondary N) is 1. The molecule has 1 aromatic heterocycles. The molecule has 0 amide bonds. The Morgan fingerprint density at radius 3 is 2.80 bits per heavy atom. The number of rotatable bonds is 4. The molecule has 1 aliphatic carbocycles. The zero-order valence-corrected chi connectivity index (χ0v) is 9.33. The molecule has 0 radical (unpaired) electrons. The predicted octanol–water partition coefficient (Wildman–Crippen LogP) is 1.63. The molecule has 0 atom stereocenters. The Morgan fingerprint density at radius 1 is 1.53 bits per heavy atom. The summed E-state index contributed by atoms with van der Waals surface area (Å²) in [6, 6.07) is 0.615. The van der Waals surface area contributed by atoms with Crippen LogP contribution in [-0.4, -0.2) is 16.0 Å². The molecule has 0 unspecified atom stereocenters. The minimum absolute atomic E-state index is 0.352. The van der Waals surface area contributed by atoms with Crippen molar-refractivity contribution in [3.8, 4) is 0 Å². The molecule has 1 heterocycles. The molecule has 4 heteroatoms. The van der Waals surface area contributed by atoms with Gasteiger partial charge < -0.3 is 11.1 Å². The zero-order valence-electron chi connectivity index (χ0n) is 9.33. The molecule has 1 aromatic rings. The summed E-state index contributed by atoms with van der Waals surface area (Å²) in [6.45, 7) is 4.64. The number of nitrogens with zero attached hydrogens (tertiary/aromatic N) is 2. The molecule has 1 fully saturated rings. The molecule has 0 bridgehead atoms. The van der Waals surface area contributed by atoms with E-state index in [1.165, 1.54) is 12.8 Å². The maximum Gasteiger partial charge on any atom is 0.131 e. The van der Waals surface area contributed by atoms with Crippen LogP contribution in [0.1, 0.15) is 44.1 Å². The van der Waals surface area contributed by atoms with Gasteiger partial charge in [-0.05, 0) is 12.8 Å². The van der Waals surface area contributed by atoms with Gasteiger partial charge in [-0.25, -0.2) is 9.97 Å². The number of aromatic nitrogens is 2. The fourth-order valence-electron chi connectivity index (χ4n) is 1.43. The summed E-state index contributed by atoms with van der Waals surface area (Å²) in [4.78, 5) is 8.81. The van der Waals surface area contributed by atoms with Crippen LogP contribution >= 0.6 is 0 Å². The van der Waals surface area contributed by atoms with Gasteiger partial charge in [0.25, 0.3) is 0 Å². The summed E-state index contributed by atoms with van der Waals surface area (Å²) in [7, 11) is 0. The van der Waals surface area contributed by atoms with Crippen LogP contribution in [-0.2, 0) is 6.54 Å². The highest BCUT2D eigenvalue weighted by Gasteiger charge is 2.22. The maximum absolute atomic E-state index is 5.69. The highest BCUT2D eigenvalue weighted by Crippen LogP contribution is 2.26. The molecule has 0 aliphatic heterocycles. The van der Waals surface area contributed by atoms with Gasteiger partial charge in [-0.2, -0.15) is 0 Å². The summed E-state index contributed by atoms with van der Waals surface area (Å²) >= 11 is 0. The molecular formula is C11H18N4. The van der Waals surface area contributed by atoms with Crippen LogP contribution in [0.2, 0.25) is 0 Å². The average molecular weight is 206 g/mol. The molecule has 0 saturated heterocycles. The predicted molar refractivity (Wildman–Crippen MR) is 60.7 cm³/mol. The first-order valence-electron chi connectivity index (χ1n) is 5.53. The third-order valence-corrected chi connectivity index (χ3v) is 2.53. The molecular weight excluding hydrogens is 188 g/mol. The van der Waals surface area contributed by atoms with Crippen molar-refractivity contribution in [2.75, 3.05) is 5.32 Å². The van der Waals surface area contributed by atoms with E-state index in [0.29, 0.717) is 18.5 Å². The molecule has 3 N–H and O–H groups in total. The Balaban J connectivity index is 2.21. The highest BCUT2D eigenvalue weighted by atomic mass is 15.0. The van der Waals surface area contributed by atoms with Crippen molar-refractivity contribution in [1.82, 2.24) is 9.97 Å². The van der Waals surface area contributed by atoms with Crippen LogP contribution in [0.3, 0.4) is 0 Å². The van der Waals surface area contributed by atoms with Gasteiger partial charge in [0.1, 0.15) is 5.82 Å². The summed E-state index contributed by atoms with van der Waals surface area (Å²) in [5, 5.41) is 3.40. The van der Waals surface area contributed by atoms with E-state index < -0.39 is 0 Å². The second-order valence-electron chi connectivity index (χ2n) is 4.37. The number of nitrogens with two attached hydrogens (primary N) is 1. The van der Waals surface area contributed by atoms with Crippen molar-refractivity contribution < 1.29 is 0 Å². The third kappa shape index (κ3) is 2.45. The lowest BCUT2D eigenvalue weighted by atomic mass is 10.2. The minimum Gasteiger partial charge on any atom is -0.380 e. The van der Waals surface area contributed by atoms with Crippen molar-refractivity contribution >= 4 is 5.69 Å². The lowest BCUT2D eigenvalue weighted by Crippen LogP contribution is -2.12. The second kappa shape index (κ2) is 4.14. The zero-order chi connectivity index (χ0) is 10.8. The first-order chi connectivity index (χ1) is 7.20. The Morgan fingerprint density at radius 2 is 2.27 bits per heavy atom. The minimum atomic E-state index is 0.352. The maximum atomic E-state index is 5.69. The normalized spacial score (nSPS) is 15.7. The van der Waals surface area contributed by atoms with E-state index in [-0.39, 0.29) is 0 Å². The van der Waals surface area contributed by atoms with Crippen molar-refractivity contribution in [1.29, 1.82) is 0 Å². The lowest BCUT2D eigenvalue weighted by molar-refractivity contribution is 0.756. The summed E-state index contributed by atoms with van der Waals surface area (Å²) in [5.41, 5.74) is 7.62. The van der Waals surface area contributed by atoms with Crippen molar-refractivity contribution in [2.24, 2.45) is 5.73 Å². The van der Waals surface area contributed by atoms with E-state index in [1.54, 1.807) is 0 Å². The van der Waals surface area contributed by atoms with Crippen LogP contribution in [0.4, 0.5) is 5.69 Å². The van der Waals surface area contributed by atoms with E-state index in [4.69, 9.17) is 5.73 Å². The summed E-state index contributed by atoms with van der Waals surface area (Å²) in [5.74, 6) is 1.22. The molecule has 1 saturated carbocycles. The SMILES string of the molecule is CC(C)c1ncc(NC2CC2)c(CN)n1. The summed E-state index contributed by atoms with van der Waals surface area (Å²) < 4.78 is 0. The van der Waals surface area contributed by atoms with E-state index in [9.17, 15) is 0 Å². The quantitative estimate of drug-likeness (QED) is 0.786. The van der Waals surface area contributed by atoms with Crippen LogP contribution in [0, 0.1) is 0 Å². The molecule has 82 valence electrons. The first-order valence-corrected chi connectivity index (χ1v) is 5.53. The summed E-state index contributed by atoms with van der Waals surface area (Å²) in [6.07, 6.45) is 4.36. The third-order valence-electron chi connectivity index (χ3n) is 2.53. The highest BCUT2D eigenvalue weighted by molar-refractivity contribution is 5.47. The molecule has 15 heavy (non-hydrogen) atoms. The number of hydrogen-bond acceptors (Lipinski definition) is 4. The van der Waals surface area contributed by atoms with Crippen molar-refractivity contribution in [2.45, 2.75) is 45.2 Å². The molecule has 2 rings (SSSR count). The molecule has 4 nitrogen and oxygen atoms in total. The van der Waals surface area contributed by atoms with Crippen LogP contribution in [0.25, 0.3) is 0 Å². The Hall–Kier alpha value is -1.16. The van der Waals surface area contributed by atoms with Gasteiger partial charge in [-0.1, -0.05) is 13.8 Å². The largest absolute Gasteiger partial charge is 0.380 e. The topological polar surface area (TPSA) is 63.8 Å². The van der Waals surface area contributed by atoms with E-state index in [2.05, 4.69) is 29.1 Å². The Bertz CT molecular complexity index is 344. The number of hydrogen-bond donors (Lipinski definition) is 2.